The first-order valence-electron chi connectivity index (χ1n) is 5.04. The molecule has 2 aromatic rings. The Bertz CT molecular complexity index is 610. The van der Waals surface area contributed by atoms with E-state index in [1.807, 2.05) is 0 Å². The van der Waals surface area contributed by atoms with Crippen LogP contribution in [0.3, 0.4) is 0 Å². The van der Waals surface area contributed by atoms with Gasteiger partial charge in [-0.25, -0.2) is 9.48 Å². The quantitative estimate of drug-likeness (QED) is 0.919. The number of ether oxygens (including phenoxy) is 1. The Hall–Kier alpha value is -2.08. The molecule has 0 bridgehead atoms. The molecule has 0 unspecified atom stereocenters. The number of hydrogen-bond donors (Lipinski definition) is 1. The van der Waals surface area contributed by atoms with Gasteiger partial charge >= 0.3 is 5.97 Å². The number of hydrogen-bond acceptors (Lipinski definition) is 4. The maximum atomic E-state index is 11.1. The number of rotatable bonds is 3. The fourth-order valence-electron chi connectivity index (χ4n) is 1.57. The number of benzene rings is 1. The summed E-state index contributed by atoms with van der Waals surface area (Å²) in [6.45, 7) is 1.58. The highest BCUT2D eigenvalue weighted by Gasteiger charge is 2.18. The lowest BCUT2D eigenvalue weighted by Gasteiger charge is -2.07. The predicted octanol–water partition coefficient (Wildman–Crippen LogP) is 1.94. The third kappa shape index (κ3) is 2.02. The SMILES string of the molecule is COc1ccc(-n2nnc(C)c2C(=O)O)cc1Cl. The van der Waals surface area contributed by atoms with Crippen LogP contribution in [0.5, 0.6) is 5.75 Å². The molecule has 0 saturated carbocycles. The van der Waals surface area contributed by atoms with E-state index in [0.717, 1.165) is 0 Å². The number of carboxylic acid groups (broad SMARTS) is 1. The number of aryl methyl sites for hydroxylation is 1. The minimum atomic E-state index is -1.09. The van der Waals surface area contributed by atoms with Crippen LogP contribution in [0.4, 0.5) is 0 Å². The fraction of sp³-hybridized carbons (Fsp3) is 0.182. The van der Waals surface area contributed by atoms with Crippen LogP contribution in [0, 0.1) is 6.92 Å². The van der Waals surface area contributed by atoms with Gasteiger partial charge in [0, 0.05) is 0 Å². The van der Waals surface area contributed by atoms with Crippen LogP contribution in [0.2, 0.25) is 5.02 Å². The zero-order valence-corrected chi connectivity index (χ0v) is 10.5. The standard InChI is InChI=1S/C11H10ClN3O3/c1-6-10(11(16)17)15(14-13-6)7-3-4-9(18-2)8(12)5-7/h3-5H,1-2H3,(H,16,17). The average Bonchev–Trinajstić information content (AvgIpc) is 2.71. The summed E-state index contributed by atoms with van der Waals surface area (Å²) in [6, 6.07) is 4.87. The van der Waals surface area contributed by atoms with Gasteiger partial charge in [0.1, 0.15) is 5.75 Å². The van der Waals surface area contributed by atoms with Gasteiger partial charge < -0.3 is 9.84 Å². The van der Waals surface area contributed by atoms with Crippen LogP contribution in [0.15, 0.2) is 18.2 Å². The molecule has 0 radical (unpaired) electrons. The van der Waals surface area contributed by atoms with Crippen LogP contribution in [0.1, 0.15) is 16.2 Å². The monoisotopic (exact) mass is 267 g/mol. The Morgan fingerprint density at radius 1 is 1.50 bits per heavy atom. The van der Waals surface area contributed by atoms with E-state index in [0.29, 0.717) is 22.2 Å². The molecule has 0 atom stereocenters. The predicted molar refractivity (Wildman–Crippen MR) is 64.6 cm³/mol. The molecule has 0 aliphatic rings. The van der Waals surface area contributed by atoms with Crippen molar-refractivity contribution < 1.29 is 14.6 Å². The Morgan fingerprint density at radius 2 is 2.22 bits per heavy atom. The third-order valence-electron chi connectivity index (χ3n) is 2.42. The lowest BCUT2D eigenvalue weighted by Crippen LogP contribution is -2.09. The first kappa shape index (κ1) is 12.4. The van der Waals surface area contributed by atoms with E-state index in [4.69, 9.17) is 21.4 Å². The van der Waals surface area contributed by atoms with Crippen molar-refractivity contribution in [2.24, 2.45) is 0 Å². The summed E-state index contributed by atoms with van der Waals surface area (Å²) in [5, 5.41) is 17.0. The summed E-state index contributed by atoms with van der Waals surface area (Å²) in [4.78, 5) is 11.1. The van der Waals surface area contributed by atoms with Gasteiger partial charge in [0.2, 0.25) is 0 Å². The van der Waals surface area contributed by atoms with Gasteiger partial charge in [-0.3, -0.25) is 0 Å². The van der Waals surface area contributed by atoms with Gasteiger partial charge in [-0.2, -0.15) is 0 Å². The van der Waals surface area contributed by atoms with Gasteiger partial charge in [0.25, 0.3) is 0 Å². The molecule has 6 nitrogen and oxygen atoms in total. The van der Waals surface area contributed by atoms with E-state index in [2.05, 4.69) is 10.3 Å². The summed E-state index contributed by atoms with van der Waals surface area (Å²) in [5.74, 6) is -0.585. The molecule has 1 aromatic heterocycles. The molecule has 0 fully saturated rings. The molecule has 2 rings (SSSR count). The van der Waals surface area contributed by atoms with Gasteiger partial charge in [0.05, 0.1) is 23.5 Å². The lowest BCUT2D eigenvalue weighted by atomic mass is 10.2. The molecular formula is C11H10ClN3O3. The second-order valence-corrected chi connectivity index (χ2v) is 3.97. The highest BCUT2D eigenvalue weighted by Crippen LogP contribution is 2.27. The molecule has 1 heterocycles. The number of aromatic carboxylic acids is 1. The van der Waals surface area contributed by atoms with Crippen LogP contribution in [-0.4, -0.2) is 33.2 Å². The van der Waals surface area contributed by atoms with Crippen molar-refractivity contribution in [1.29, 1.82) is 0 Å². The molecule has 0 spiro atoms. The van der Waals surface area contributed by atoms with E-state index >= 15 is 0 Å². The topological polar surface area (TPSA) is 77.2 Å². The molecule has 1 aromatic carbocycles. The first-order valence-corrected chi connectivity index (χ1v) is 5.42. The summed E-state index contributed by atoms with van der Waals surface area (Å²) >= 11 is 5.98. The van der Waals surface area contributed by atoms with Crippen LogP contribution >= 0.6 is 11.6 Å². The van der Waals surface area contributed by atoms with E-state index in [9.17, 15) is 4.79 Å². The molecule has 1 N–H and O–H groups in total. The molecule has 18 heavy (non-hydrogen) atoms. The van der Waals surface area contributed by atoms with E-state index < -0.39 is 5.97 Å². The number of halogens is 1. The molecule has 0 amide bonds. The van der Waals surface area contributed by atoms with Crippen molar-refractivity contribution in [2.45, 2.75) is 6.92 Å². The van der Waals surface area contributed by atoms with Gasteiger partial charge in [-0.1, -0.05) is 16.8 Å². The normalized spacial score (nSPS) is 10.4. The average molecular weight is 268 g/mol. The minimum absolute atomic E-state index is 0.0104. The van der Waals surface area contributed by atoms with Crippen molar-refractivity contribution in [1.82, 2.24) is 15.0 Å². The third-order valence-corrected chi connectivity index (χ3v) is 2.72. The summed E-state index contributed by atoms with van der Waals surface area (Å²) in [7, 11) is 1.50. The van der Waals surface area contributed by atoms with Gasteiger partial charge in [-0.15, -0.1) is 5.10 Å². The van der Waals surface area contributed by atoms with Gasteiger partial charge in [-0.05, 0) is 25.1 Å². The minimum Gasteiger partial charge on any atom is -0.495 e. The largest absolute Gasteiger partial charge is 0.495 e. The van der Waals surface area contributed by atoms with E-state index in [1.54, 1.807) is 25.1 Å². The number of carbonyl (C=O) groups is 1. The summed E-state index contributed by atoms with van der Waals surface area (Å²) in [6.07, 6.45) is 0. The highest BCUT2D eigenvalue weighted by atomic mass is 35.5. The van der Waals surface area contributed by atoms with Crippen molar-refractivity contribution in [3.8, 4) is 11.4 Å². The smallest absolute Gasteiger partial charge is 0.356 e. The molecule has 0 aliphatic carbocycles. The second kappa shape index (κ2) is 4.66. The maximum absolute atomic E-state index is 11.1. The zero-order valence-electron chi connectivity index (χ0n) is 9.72. The highest BCUT2D eigenvalue weighted by molar-refractivity contribution is 6.32. The van der Waals surface area contributed by atoms with E-state index in [-0.39, 0.29) is 5.69 Å². The second-order valence-electron chi connectivity index (χ2n) is 3.56. The first-order chi connectivity index (χ1) is 8.54. The number of methoxy groups -OCH3 is 1. The van der Waals surface area contributed by atoms with E-state index in [1.165, 1.54) is 11.8 Å². The Kier molecular flexibility index (Phi) is 3.20. The Balaban J connectivity index is 2.56. The fourth-order valence-corrected chi connectivity index (χ4v) is 1.82. The zero-order chi connectivity index (χ0) is 13.3. The van der Waals surface area contributed by atoms with Crippen LogP contribution in [0.25, 0.3) is 5.69 Å². The van der Waals surface area contributed by atoms with Crippen molar-refractivity contribution in [2.75, 3.05) is 7.11 Å². The van der Waals surface area contributed by atoms with Crippen molar-refractivity contribution in [3.05, 3.63) is 34.6 Å². The number of nitrogens with zero attached hydrogens (tertiary/aromatic N) is 3. The molecule has 0 saturated heterocycles. The van der Waals surface area contributed by atoms with Crippen LogP contribution < -0.4 is 4.74 Å². The summed E-state index contributed by atoms with van der Waals surface area (Å²) < 4.78 is 6.25. The van der Waals surface area contributed by atoms with Gasteiger partial charge in [0.15, 0.2) is 5.69 Å². The van der Waals surface area contributed by atoms with Crippen molar-refractivity contribution >= 4 is 17.6 Å². The summed E-state index contributed by atoms with van der Waals surface area (Å²) in [5.41, 5.74) is 0.865. The van der Waals surface area contributed by atoms with Crippen LogP contribution in [-0.2, 0) is 0 Å². The number of carboxylic acids is 1. The van der Waals surface area contributed by atoms with Crippen molar-refractivity contribution in [3.63, 3.8) is 0 Å². The Labute approximate surface area is 108 Å². The molecular weight excluding hydrogens is 258 g/mol. The molecule has 94 valence electrons. The Morgan fingerprint density at radius 3 is 2.78 bits per heavy atom. The maximum Gasteiger partial charge on any atom is 0.356 e. The number of aromatic nitrogens is 3. The lowest BCUT2D eigenvalue weighted by molar-refractivity contribution is 0.0686. The molecule has 7 heteroatoms. The molecule has 0 aliphatic heterocycles.